The summed E-state index contributed by atoms with van der Waals surface area (Å²) in [5.74, 6) is 0.752. The van der Waals surface area contributed by atoms with Crippen molar-refractivity contribution >= 4 is 17.6 Å². The number of rotatable bonds is 10. The minimum absolute atomic E-state index is 0.0911. The van der Waals surface area contributed by atoms with Crippen molar-refractivity contribution in [3.05, 3.63) is 28.8 Å². The summed E-state index contributed by atoms with van der Waals surface area (Å²) in [6, 6.07) is 4.89. The lowest BCUT2D eigenvalue weighted by atomic mass is 10.1. The van der Waals surface area contributed by atoms with Gasteiger partial charge in [-0.1, -0.05) is 11.6 Å². The molecule has 1 saturated heterocycles. The first-order valence-electron chi connectivity index (χ1n) is 10.0. The zero-order valence-corrected chi connectivity index (χ0v) is 17.9. The average molecular weight is 433 g/mol. The van der Waals surface area contributed by atoms with Gasteiger partial charge in [0.05, 0.1) is 6.54 Å². The van der Waals surface area contributed by atoms with Gasteiger partial charge in [0.15, 0.2) is 5.96 Å². The van der Waals surface area contributed by atoms with Crippen LogP contribution in [-0.4, -0.2) is 63.4 Å². The van der Waals surface area contributed by atoms with Gasteiger partial charge in [0, 0.05) is 56.5 Å². The second-order valence-corrected chi connectivity index (χ2v) is 7.37. The minimum Gasteiger partial charge on any atom is -0.434 e. The molecule has 0 bridgehead atoms. The Bertz CT molecular complexity index is 641. The first-order valence-corrected chi connectivity index (χ1v) is 10.4. The maximum absolute atomic E-state index is 12.6. The Morgan fingerprint density at radius 3 is 2.76 bits per heavy atom. The van der Waals surface area contributed by atoms with Crippen molar-refractivity contribution in [3.8, 4) is 5.75 Å². The predicted molar refractivity (Wildman–Crippen MR) is 112 cm³/mol. The molecule has 1 aromatic carbocycles. The Morgan fingerprint density at radius 1 is 1.34 bits per heavy atom. The Kier molecular flexibility index (Phi) is 10.5. The molecule has 0 atom stereocenters. The van der Waals surface area contributed by atoms with E-state index in [1.54, 1.807) is 13.2 Å². The predicted octanol–water partition coefficient (Wildman–Crippen LogP) is 3.50. The highest BCUT2D eigenvalue weighted by Gasteiger charge is 2.19. The van der Waals surface area contributed by atoms with Crippen molar-refractivity contribution in [2.45, 2.75) is 45.4 Å². The molecular formula is C20H31ClF2N4O2. The third kappa shape index (κ3) is 8.72. The number of likely N-dealkylation sites (tertiary alicyclic amines) is 1. The normalized spacial score (nSPS) is 16.3. The van der Waals surface area contributed by atoms with Crippen LogP contribution in [0, 0.1) is 0 Å². The lowest BCUT2D eigenvalue weighted by molar-refractivity contribution is -0.0504. The fourth-order valence-corrected chi connectivity index (χ4v) is 3.49. The summed E-state index contributed by atoms with van der Waals surface area (Å²) >= 11 is 6.01. The fourth-order valence-electron chi connectivity index (χ4n) is 3.29. The molecule has 0 saturated carbocycles. The first kappa shape index (κ1) is 23.6. The molecule has 0 aliphatic carbocycles. The summed E-state index contributed by atoms with van der Waals surface area (Å²) in [6.07, 6.45) is 3.09. The van der Waals surface area contributed by atoms with Gasteiger partial charge in [-0.25, -0.2) is 4.99 Å². The van der Waals surface area contributed by atoms with Gasteiger partial charge in [0.2, 0.25) is 0 Å². The van der Waals surface area contributed by atoms with E-state index in [0.29, 0.717) is 29.1 Å². The van der Waals surface area contributed by atoms with Gasteiger partial charge in [-0.2, -0.15) is 8.78 Å². The summed E-state index contributed by atoms with van der Waals surface area (Å²) in [5, 5.41) is 7.12. The zero-order valence-electron chi connectivity index (χ0n) is 17.1. The van der Waals surface area contributed by atoms with E-state index in [0.717, 1.165) is 45.5 Å². The maximum Gasteiger partial charge on any atom is 0.387 e. The lowest BCUT2D eigenvalue weighted by Gasteiger charge is -2.33. The number of piperidine rings is 1. The molecule has 1 fully saturated rings. The Morgan fingerprint density at radius 2 is 2.10 bits per heavy atom. The van der Waals surface area contributed by atoms with E-state index in [9.17, 15) is 8.78 Å². The Labute approximate surface area is 176 Å². The van der Waals surface area contributed by atoms with Crippen LogP contribution in [0.1, 0.15) is 31.7 Å². The van der Waals surface area contributed by atoms with Crippen molar-refractivity contribution in [1.29, 1.82) is 0 Å². The zero-order chi connectivity index (χ0) is 21.1. The van der Waals surface area contributed by atoms with E-state index in [-0.39, 0.29) is 12.3 Å². The lowest BCUT2D eigenvalue weighted by Crippen LogP contribution is -2.48. The van der Waals surface area contributed by atoms with Gasteiger partial charge in [-0.3, -0.25) is 0 Å². The van der Waals surface area contributed by atoms with E-state index in [2.05, 4.69) is 25.3 Å². The molecule has 1 heterocycles. The van der Waals surface area contributed by atoms with Crippen molar-refractivity contribution in [3.63, 3.8) is 0 Å². The Hall–Kier alpha value is -1.64. The average Bonchev–Trinajstić information content (AvgIpc) is 2.69. The molecule has 1 aliphatic rings. The molecule has 1 aliphatic heterocycles. The number of halogens is 3. The number of methoxy groups -OCH3 is 1. The molecule has 164 valence electrons. The molecule has 9 heteroatoms. The van der Waals surface area contributed by atoms with Crippen LogP contribution >= 0.6 is 11.6 Å². The van der Waals surface area contributed by atoms with Crippen LogP contribution in [-0.2, 0) is 11.3 Å². The molecule has 2 rings (SSSR count). The number of guanidine groups is 1. The molecule has 0 radical (unpaired) electrons. The highest BCUT2D eigenvalue weighted by atomic mass is 35.5. The molecule has 6 nitrogen and oxygen atoms in total. The third-order valence-electron chi connectivity index (χ3n) is 4.74. The van der Waals surface area contributed by atoms with Crippen LogP contribution in [0.3, 0.4) is 0 Å². The van der Waals surface area contributed by atoms with Crippen molar-refractivity contribution in [2.24, 2.45) is 4.99 Å². The number of hydrogen-bond donors (Lipinski definition) is 2. The number of ether oxygens (including phenoxy) is 2. The fraction of sp³-hybridized carbons (Fsp3) is 0.650. The van der Waals surface area contributed by atoms with Crippen LogP contribution in [0.2, 0.25) is 5.02 Å². The van der Waals surface area contributed by atoms with Gasteiger partial charge in [-0.05, 0) is 44.4 Å². The van der Waals surface area contributed by atoms with Gasteiger partial charge in [0.1, 0.15) is 5.75 Å². The topological polar surface area (TPSA) is 58.1 Å². The minimum atomic E-state index is -2.89. The second kappa shape index (κ2) is 12.8. The second-order valence-electron chi connectivity index (χ2n) is 6.93. The van der Waals surface area contributed by atoms with E-state index in [4.69, 9.17) is 16.3 Å². The highest BCUT2D eigenvalue weighted by Crippen LogP contribution is 2.25. The van der Waals surface area contributed by atoms with Crippen LogP contribution < -0.4 is 15.4 Å². The molecule has 0 unspecified atom stereocenters. The number of aliphatic imine (C=N–C) groups is 1. The number of hydrogen-bond acceptors (Lipinski definition) is 4. The maximum atomic E-state index is 12.6. The largest absolute Gasteiger partial charge is 0.434 e. The van der Waals surface area contributed by atoms with E-state index in [1.807, 2.05) is 6.92 Å². The van der Waals surface area contributed by atoms with Crippen LogP contribution in [0.15, 0.2) is 23.2 Å². The Balaban J connectivity index is 1.93. The van der Waals surface area contributed by atoms with Crippen LogP contribution in [0.5, 0.6) is 5.75 Å². The van der Waals surface area contributed by atoms with E-state index < -0.39 is 6.61 Å². The van der Waals surface area contributed by atoms with E-state index in [1.165, 1.54) is 12.1 Å². The first-order chi connectivity index (χ1) is 14.0. The number of alkyl halides is 2. The smallest absolute Gasteiger partial charge is 0.387 e. The van der Waals surface area contributed by atoms with Gasteiger partial charge in [0.25, 0.3) is 0 Å². The summed E-state index contributed by atoms with van der Waals surface area (Å²) in [7, 11) is 1.73. The molecule has 1 aromatic rings. The summed E-state index contributed by atoms with van der Waals surface area (Å²) < 4.78 is 35.0. The number of nitrogens with one attached hydrogen (secondary N) is 2. The van der Waals surface area contributed by atoms with Crippen LogP contribution in [0.4, 0.5) is 8.78 Å². The molecule has 0 spiro atoms. The van der Waals surface area contributed by atoms with Crippen LogP contribution in [0.25, 0.3) is 0 Å². The van der Waals surface area contributed by atoms with Gasteiger partial charge < -0.3 is 25.0 Å². The highest BCUT2D eigenvalue weighted by molar-refractivity contribution is 6.30. The number of nitrogens with zero attached hydrogens (tertiary/aromatic N) is 2. The van der Waals surface area contributed by atoms with Gasteiger partial charge in [-0.15, -0.1) is 0 Å². The molecule has 2 N–H and O–H groups in total. The quantitative estimate of drug-likeness (QED) is 0.336. The molecule has 0 aromatic heterocycles. The van der Waals surface area contributed by atoms with E-state index >= 15 is 0 Å². The standard InChI is InChI=1S/C20H31ClF2N4O2/c1-3-24-20(26-17-7-10-27(11-8-17)9-4-12-28-2)25-14-15-13-16(21)5-6-18(15)29-19(22)23/h5-6,13,17,19H,3-4,7-12,14H2,1-2H3,(H2,24,25,26). The summed E-state index contributed by atoms with van der Waals surface area (Å²) in [5.41, 5.74) is 0.517. The van der Waals surface area contributed by atoms with Crippen molar-refractivity contribution < 1.29 is 18.3 Å². The van der Waals surface area contributed by atoms with Gasteiger partial charge >= 0.3 is 6.61 Å². The monoisotopic (exact) mass is 432 g/mol. The molecular weight excluding hydrogens is 402 g/mol. The summed E-state index contributed by atoms with van der Waals surface area (Å²) in [6.45, 7) is 3.89. The SMILES string of the molecule is CCNC(=NCc1cc(Cl)ccc1OC(F)F)NC1CCN(CCCOC)CC1. The van der Waals surface area contributed by atoms with Crippen molar-refractivity contribution in [1.82, 2.24) is 15.5 Å². The molecule has 29 heavy (non-hydrogen) atoms. The third-order valence-corrected chi connectivity index (χ3v) is 4.98. The molecule has 0 amide bonds. The summed E-state index contributed by atoms with van der Waals surface area (Å²) in [4.78, 5) is 6.99. The van der Waals surface area contributed by atoms with Crippen molar-refractivity contribution in [2.75, 3.05) is 39.9 Å². The number of benzene rings is 1.